The molecule has 0 atom stereocenters. The fraction of sp³-hybridized carbons (Fsp3) is 0.455. The van der Waals surface area contributed by atoms with Crippen molar-refractivity contribution < 1.29 is 13.2 Å². The molecule has 19 heavy (non-hydrogen) atoms. The van der Waals surface area contributed by atoms with E-state index in [1.54, 1.807) is 0 Å². The highest BCUT2D eigenvalue weighted by atomic mass is 32.2. The number of hydrogen-bond donors (Lipinski definition) is 2. The van der Waals surface area contributed by atoms with E-state index in [9.17, 15) is 13.2 Å². The van der Waals surface area contributed by atoms with Gasteiger partial charge in [-0.1, -0.05) is 6.92 Å². The lowest BCUT2D eigenvalue weighted by molar-refractivity contribution is -0.120. The molecule has 1 amide bonds. The van der Waals surface area contributed by atoms with E-state index in [0.717, 1.165) is 4.31 Å². The molecular formula is C11H18N4O3S. The lowest BCUT2D eigenvalue weighted by atomic mass is 10.4. The van der Waals surface area contributed by atoms with Crippen LogP contribution in [0.3, 0.4) is 0 Å². The monoisotopic (exact) mass is 286 g/mol. The zero-order chi connectivity index (χ0) is 14.5. The maximum Gasteiger partial charge on any atom is 0.247 e. The van der Waals surface area contributed by atoms with Gasteiger partial charge in [-0.2, -0.15) is 4.31 Å². The molecule has 7 nitrogen and oxygen atoms in total. The first kappa shape index (κ1) is 15.4. The van der Waals surface area contributed by atoms with Crippen molar-refractivity contribution in [3.63, 3.8) is 0 Å². The number of anilines is 1. The largest absolute Gasteiger partial charge is 0.383 e. The van der Waals surface area contributed by atoms with Crippen molar-refractivity contribution >= 4 is 21.7 Å². The average molecular weight is 286 g/mol. The Balaban J connectivity index is 3.13. The summed E-state index contributed by atoms with van der Waals surface area (Å²) in [5.41, 5.74) is 5.59. The minimum absolute atomic E-state index is 0.0690. The van der Waals surface area contributed by atoms with Crippen LogP contribution in [-0.2, 0) is 14.8 Å². The summed E-state index contributed by atoms with van der Waals surface area (Å²) in [6.07, 6.45) is 2.01. The molecule has 0 saturated carbocycles. The Bertz CT molecular complexity index is 545. The molecule has 0 unspecified atom stereocenters. The highest BCUT2D eigenvalue weighted by Crippen LogP contribution is 2.20. The van der Waals surface area contributed by atoms with E-state index in [1.807, 2.05) is 6.92 Å². The standard InChI is InChI=1S/C11H18N4O3S/c1-3-7-15(8-10(16)13-2)19(17,18)9-5-4-6-14-11(9)12/h4-6H,3,7-8H2,1-2H3,(H2,12,14)(H,13,16). The Labute approximate surface area is 112 Å². The second-order valence-electron chi connectivity index (χ2n) is 3.90. The van der Waals surface area contributed by atoms with Crippen LogP contribution in [0.4, 0.5) is 5.82 Å². The summed E-state index contributed by atoms with van der Waals surface area (Å²) in [6, 6.07) is 2.87. The summed E-state index contributed by atoms with van der Waals surface area (Å²) >= 11 is 0. The Morgan fingerprint density at radius 3 is 2.74 bits per heavy atom. The summed E-state index contributed by atoms with van der Waals surface area (Å²) in [6.45, 7) is 1.84. The topological polar surface area (TPSA) is 105 Å². The third-order valence-electron chi connectivity index (χ3n) is 2.49. The molecule has 0 aliphatic carbocycles. The Hall–Kier alpha value is -1.67. The minimum Gasteiger partial charge on any atom is -0.383 e. The van der Waals surface area contributed by atoms with E-state index in [1.165, 1.54) is 25.4 Å². The van der Waals surface area contributed by atoms with Crippen LogP contribution >= 0.6 is 0 Å². The smallest absolute Gasteiger partial charge is 0.247 e. The molecule has 0 saturated heterocycles. The number of amides is 1. The number of nitrogen functional groups attached to an aromatic ring is 1. The predicted octanol–water partition coefficient (Wildman–Crippen LogP) is -0.189. The van der Waals surface area contributed by atoms with E-state index in [4.69, 9.17) is 5.73 Å². The fourth-order valence-corrected chi connectivity index (χ4v) is 3.09. The zero-order valence-corrected chi connectivity index (χ0v) is 11.8. The van der Waals surface area contributed by atoms with Crippen molar-refractivity contribution in [3.05, 3.63) is 18.3 Å². The Morgan fingerprint density at radius 2 is 2.21 bits per heavy atom. The molecule has 3 N–H and O–H groups in total. The van der Waals surface area contributed by atoms with Crippen LogP contribution < -0.4 is 11.1 Å². The number of rotatable bonds is 6. The molecule has 1 heterocycles. The number of likely N-dealkylation sites (N-methyl/N-ethyl adjacent to an activating group) is 1. The molecule has 1 aromatic rings. The van der Waals surface area contributed by atoms with Gasteiger partial charge in [0.25, 0.3) is 0 Å². The van der Waals surface area contributed by atoms with E-state index in [-0.39, 0.29) is 29.7 Å². The van der Waals surface area contributed by atoms with Gasteiger partial charge in [0.1, 0.15) is 10.7 Å². The van der Waals surface area contributed by atoms with Gasteiger partial charge in [0.15, 0.2) is 0 Å². The van der Waals surface area contributed by atoms with Crippen LogP contribution in [0.2, 0.25) is 0 Å². The lowest BCUT2D eigenvalue weighted by Crippen LogP contribution is -2.40. The summed E-state index contributed by atoms with van der Waals surface area (Å²) in [5.74, 6) is -0.444. The van der Waals surface area contributed by atoms with Crippen LogP contribution in [0.1, 0.15) is 13.3 Å². The molecule has 0 aromatic carbocycles. The van der Waals surface area contributed by atoms with Crippen LogP contribution in [-0.4, -0.2) is 43.8 Å². The van der Waals surface area contributed by atoms with Crippen molar-refractivity contribution in [1.29, 1.82) is 0 Å². The third-order valence-corrected chi connectivity index (χ3v) is 4.38. The average Bonchev–Trinajstić information content (AvgIpc) is 2.38. The van der Waals surface area contributed by atoms with E-state index in [0.29, 0.717) is 6.42 Å². The van der Waals surface area contributed by atoms with Gasteiger partial charge < -0.3 is 11.1 Å². The van der Waals surface area contributed by atoms with E-state index >= 15 is 0 Å². The van der Waals surface area contributed by atoms with Crippen LogP contribution in [0.15, 0.2) is 23.2 Å². The first-order valence-electron chi connectivity index (χ1n) is 5.84. The van der Waals surface area contributed by atoms with Crippen molar-refractivity contribution in [2.24, 2.45) is 0 Å². The van der Waals surface area contributed by atoms with E-state index in [2.05, 4.69) is 10.3 Å². The maximum absolute atomic E-state index is 12.4. The summed E-state index contributed by atoms with van der Waals surface area (Å²) in [4.78, 5) is 15.1. The molecule has 0 bridgehead atoms. The van der Waals surface area contributed by atoms with Gasteiger partial charge in [0.2, 0.25) is 15.9 Å². The molecule has 1 rings (SSSR count). The first-order valence-corrected chi connectivity index (χ1v) is 7.28. The van der Waals surface area contributed by atoms with E-state index < -0.39 is 10.0 Å². The van der Waals surface area contributed by atoms with Gasteiger partial charge in [-0.25, -0.2) is 13.4 Å². The molecule has 0 radical (unpaired) electrons. The number of hydrogen-bond acceptors (Lipinski definition) is 5. The van der Waals surface area contributed by atoms with Gasteiger partial charge in [0, 0.05) is 19.8 Å². The summed E-state index contributed by atoms with van der Waals surface area (Å²) in [7, 11) is -2.36. The van der Waals surface area contributed by atoms with Gasteiger partial charge in [-0.3, -0.25) is 4.79 Å². The molecule has 1 aromatic heterocycles. The maximum atomic E-state index is 12.4. The number of carbonyl (C=O) groups excluding carboxylic acids is 1. The Kier molecular flexibility index (Phi) is 5.25. The first-order chi connectivity index (χ1) is 8.93. The second kappa shape index (κ2) is 6.48. The van der Waals surface area contributed by atoms with Crippen molar-refractivity contribution in [3.8, 4) is 0 Å². The summed E-state index contributed by atoms with van der Waals surface area (Å²) in [5, 5.41) is 2.40. The summed E-state index contributed by atoms with van der Waals surface area (Å²) < 4.78 is 25.9. The predicted molar refractivity (Wildman–Crippen MR) is 71.8 cm³/mol. The number of sulfonamides is 1. The number of nitrogens with two attached hydrogens (primary N) is 1. The van der Waals surface area contributed by atoms with Gasteiger partial charge in [-0.05, 0) is 18.6 Å². The Morgan fingerprint density at radius 1 is 1.53 bits per heavy atom. The molecule has 0 aliphatic heterocycles. The van der Waals surface area contributed by atoms with Crippen LogP contribution in [0.5, 0.6) is 0 Å². The molecule has 0 fully saturated rings. The number of nitrogens with zero attached hydrogens (tertiary/aromatic N) is 2. The van der Waals surface area contributed by atoms with Gasteiger partial charge in [-0.15, -0.1) is 0 Å². The normalized spacial score (nSPS) is 11.5. The molecule has 8 heteroatoms. The van der Waals surface area contributed by atoms with Gasteiger partial charge in [0.05, 0.1) is 6.54 Å². The molecule has 0 aliphatic rings. The molecular weight excluding hydrogens is 268 g/mol. The van der Waals surface area contributed by atoms with Crippen molar-refractivity contribution in [2.75, 3.05) is 25.9 Å². The quantitative estimate of drug-likeness (QED) is 0.754. The van der Waals surface area contributed by atoms with Crippen LogP contribution in [0.25, 0.3) is 0 Å². The minimum atomic E-state index is -3.81. The molecule has 0 spiro atoms. The van der Waals surface area contributed by atoms with Gasteiger partial charge >= 0.3 is 0 Å². The second-order valence-corrected chi connectivity index (χ2v) is 5.80. The lowest BCUT2D eigenvalue weighted by Gasteiger charge is -2.21. The zero-order valence-electron chi connectivity index (χ0n) is 11.0. The van der Waals surface area contributed by atoms with Crippen molar-refractivity contribution in [1.82, 2.24) is 14.6 Å². The highest BCUT2D eigenvalue weighted by molar-refractivity contribution is 7.89. The number of carbonyl (C=O) groups is 1. The third kappa shape index (κ3) is 3.65. The number of aromatic nitrogens is 1. The highest BCUT2D eigenvalue weighted by Gasteiger charge is 2.27. The van der Waals surface area contributed by atoms with Crippen LogP contribution in [0, 0.1) is 0 Å². The number of nitrogens with one attached hydrogen (secondary N) is 1. The number of pyridine rings is 1. The SMILES string of the molecule is CCCN(CC(=O)NC)S(=O)(=O)c1cccnc1N. The fourth-order valence-electron chi connectivity index (χ4n) is 1.53. The van der Waals surface area contributed by atoms with Crippen molar-refractivity contribution in [2.45, 2.75) is 18.2 Å². The molecule has 106 valence electrons.